The number of benzene rings is 3. The zero-order valence-electron chi connectivity index (χ0n) is 16.7. The minimum atomic E-state index is -0.694. The monoisotopic (exact) mass is 406 g/mol. The molecule has 0 heterocycles. The average Bonchev–Trinajstić information content (AvgIpc) is 2.79. The van der Waals surface area contributed by atoms with Crippen LogP contribution in [0.4, 0.5) is 5.69 Å². The van der Waals surface area contributed by atoms with Gasteiger partial charge < -0.3 is 10.2 Å². The van der Waals surface area contributed by atoms with E-state index in [1.807, 2.05) is 60.7 Å². The maximum Gasteiger partial charge on any atom is 0.269 e. The fourth-order valence-electron chi connectivity index (χ4n) is 3.54. The fourth-order valence-corrected chi connectivity index (χ4v) is 3.54. The Kier molecular flexibility index (Phi) is 7.68. The number of non-ortho nitro benzene ring substituents is 1. The first-order valence-electron chi connectivity index (χ1n) is 9.94. The summed E-state index contributed by atoms with van der Waals surface area (Å²) in [6.07, 6.45) is -0.0520. The minimum absolute atomic E-state index is 0.0626. The van der Waals surface area contributed by atoms with Crippen molar-refractivity contribution in [2.75, 3.05) is 19.7 Å². The highest BCUT2D eigenvalue weighted by Crippen LogP contribution is 2.24. The molecule has 0 amide bonds. The molecule has 0 aliphatic carbocycles. The number of rotatable bonds is 10. The van der Waals surface area contributed by atoms with Crippen molar-refractivity contribution in [3.8, 4) is 0 Å². The summed E-state index contributed by atoms with van der Waals surface area (Å²) in [5.41, 5.74) is 2.82. The van der Waals surface area contributed by atoms with Gasteiger partial charge in [-0.3, -0.25) is 15.0 Å². The van der Waals surface area contributed by atoms with E-state index in [1.54, 1.807) is 12.1 Å². The van der Waals surface area contributed by atoms with Gasteiger partial charge in [0.2, 0.25) is 0 Å². The molecule has 0 saturated heterocycles. The fraction of sp³-hybridized carbons (Fsp3) is 0.250. The first-order chi connectivity index (χ1) is 14.6. The number of nitrogens with zero attached hydrogens (tertiary/aromatic N) is 2. The molecule has 6 heteroatoms. The van der Waals surface area contributed by atoms with Crippen LogP contribution in [0.1, 0.15) is 28.8 Å². The van der Waals surface area contributed by atoms with Crippen LogP contribution in [0.25, 0.3) is 0 Å². The molecule has 0 aliphatic rings. The summed E-state index contributed by atoms with van der Waals surface area (Å²) < 4.78 is 0. The normalized spacial score (nSPS) is 13.2. The summed E-state index contributed by atoms with van der Waals surface area (Å²) in [5.74, 6) is 0. The molecule has 2 atom stereocenters. The SMILES string of the molecule is O=[N+]([O-])c1ccc(CCN(C[C@H](O)c2ccccc2)C(CO)c2ccccc2)cc1. The molecule has 0 aliphatic heterocycles. The van der Waals surface area contributed by atoms with Gasteiger partial charge in [-0.25, -0.2) is 0 Å². The summed E-state index contributed by atoms with van der Waals surface area (Å²) >= 11 is 0. The van der Waals surface area contributed by atoms with Gasteiger partial charge in [-0.15, -0.1) is 0 Å². The van der Waals surface area contributed by atoms with Gasteiger partial charge in [0.05, 0.1) is 23.7 Å². The summed E-state index contributed by atoms with van der Waals surface area (Å²) in [4.78, 5) is 12.5. The largest absolute Gasteiger partial charge is 0.394 e. The second-order valence-corrected chi connectivity index (χ2v) is 7.20. The molecule has 3 rings (SSSR count). The molecule has 3 aromatic rings. The summed E-state index contributed by atoms with van der Waals surface area (Å²) in [7, 11) is 0. The van der Waals surface area contributed by atoms with Crippen LogP contribution in [0.5, 0.6) is 0 Å². The lowest BCUT2D eigenvalue weighted by atomic mass is 10.0. The van der Waals surface area contributed by atoms with Gasteiger partial charge in [-0.1, -0.05) is 72.8 Å². The van der Waals surface area contributed by atoms with Gasteiger partial charge in [-0.2, -0.15) is 0 Å². The molecule has 0 radical (unpaired) electrons. The second-order valence-electron chi connectivity index (χ2n) is 7.20. The third-order valence-electron chi connectivity index (χ3n) is 5.22. The highest BCUT2D eigenvalue weighted by Gasteiger charge is 2.23. The van der Waals surface area contributed by atoms with Crippen LogP contribution in [0.15, 0.2) is 84.9 Å². The van der Waals surface area contributed by atoms with Crippen molar-refractivity contribution in [3.63, 3.8) is 0 Å². The van der Waals surface area contributed by atoms with Crippen LogP contribution in [0.2, 0.25) is 0 Å². The number of hydrogen-bond acceptors (Lipinski definition) is 5. The van der Waals surface area contributed by atoms with Crippen LogP contribution in [0, 0.1) is 10.1 Å². The van der Waals surface area contributed by atoms with E-state index in [4.69, 9.17) is 0 Å². The van der Waals surface area contributed by atoms with E-state index in [-0.39, 0.29) is 18.3 Å². The van der Waals surface area contributed by atoms with Crippen molar-refractivity contribution in [3.05, 3.63) is 112 Å². The van der Waals surface area contributed by atoms with Gasteiger partial charge >= 0.3 is 0 Å². The van der Waals surface area contributed by atoms with Crippen molar-refractivity contribution in [2.24, 2.45) is 0 Å². The Morgan fingerprint density at radius 3 is 1.97 bits per heavy atom. The molecule has 30 heavy (non-hydrogen) atoms. The molecule has 2 N–H and O–H groups in total. The zero-order chi connectivity index (χ0) is 21.3. The Hall–Kier alpha value is -3.06. The molecule has 6 nitrogen and oxygen atoms in total. The molecule has 156 valence electrons. The molecular weight excluding hydrogens is 380 g/mol. The average molecular weight is 406 g/mol. The maximum atomic E-state index is 10.9. The first kappa shape index (κ1) is 21.6. The van der Waals surface area contributed by atoms with Crippen molar-refractivity contribution in [1.29, 1.82) is 0 Å². The lowest BCUT2D eigenvalue weighted by Gasteiger charge is -2.32. The van der Waals surface area contributed by atoms with E-state index in [0.29, 0.717) is 19.5 Å². The molecule has 0 aromatic heterocycles. The number of hydrogen-bond donors (Lipinski definition) is 2. The van der Waals surface area contributed by atoms with Crippen molar-refractivity contribution in [1.82, 2.24) is 4.90 Å². The third-order valence-corrected chi connectivity index (χ3v) is 5.22. The topological polar surface area (TPSA) is 86.8 Å². The Bertz CT molecular complexity index is 917. The van der Waals surface area contributed by atoms with E-state index < -0.39 is 11.0 Å². The predicted octanol–water partition coefficient (Wildman–Crippen LogP) is 3.91. The van der Waals surface area contributed by atoms with Crippen LogP contribution in [-0.4, -0.2) is 39.7 Å². The van der Waals surface area contributed by atoms with E-state index in [0.717, 1.165) is 16.7 Å². The molecule has 0 fully saturated rings. The molecule has 3 aromatic carbocycles. The Balaban J connectivity index is 1.78. The van der Waals surface area contributed by atoms with Gasteiger partial charge in [0.1, 0.15) is 0 Å². The molecule has 1 unspecified atom stereocenters. The minimum Gasteiger partial charge on any atom is -0.394 e. The molecule has 0 spiro atoms. The number of nitro groups is 1. The number of aliphatic hydroxyl groups is 2. The Morgan fingerprint density at radius 1 is 0.867 bits per heavy atom. The van der Waals surface area contributed by atoms with Crippen LogP contribution in [-0.2, 0) is 6.42 Å². The van der Waals surface area contributed by atoms with Gasteiger partial charge in [0.25, 0.3) is 5.69 Å². The van der Waals surface area contributed by atoms with E-state index in [9.17, 15) is 20.3 Å². The molecular formula is C24H26N2O4. The van der Waals surface area contributed by atoms with Crippen LogP contribution >= 0.6 is 0 Å². The Morgan fingerprint density at radius 2 is 1.43 bits per heavy atom. The van der Waals surface area contributed by atoms with Gasteiger partial charge in [0, 0.05) is 25.2 Å². The lowest BCUT2D eigenvalue weighted by molar-refractivity contribution is -0.384. The predicted molar refractivity (Wildman–Crippen MR) is 116 cm³/mol. The number of aliphatic hydroxyl groups excluding tert-OH is 2. The van der Waals surface area contributed by atoms with Crippen molar-refractivity contribution >= 4 is 5.69 Å². The highest BCUT2D eigenvalue weighted by atomic mass is 16.6. The van der Waals surface area contributed by atoms with Crippen LogP contribution in [0.3, 0.4) is 0 Å². The molecule has 0 saturated carbocycles. The van der Waals surface area contributed by atoms with E-state index in [2.05, 4.69) is 4.90 Å². The zero-order valence-corrected chi connectivity index (χ0v) is 16.7. The van der Waals surface area contributed by atoms with Crippen molar-refractivity contribution < 1.29 is 15.1 Å². The maximum absolute atomic E-state index is 10.9. The quantitative estimate of drug-likeness (QED) is 0.394. The summed E-state index contributed by atoms with van der Waals surface area (Å²) in [6.45, 7) is 0.866. The first-order valence-corrected chi connectivity index (χ1v) is 9.94. The third kappa shape index (κ3) is 5.73. The molecule has 0 bridgehead atoms. The van der Waals surface area contributed by atoms with Crippen molar-refractivity contribution in [2.45, 2.75) is 18.6 Å². The number of nitro benzene ring substituents is 1. The van der Waals surface area contributed by atoms with E-state index in [1.165, 1.54) is 12.1 Å². The van der Waals surface area contributed by atoms with Gasteiger partial charge in [0.15, 0.2) is 0 Å². The van der Waals surface area contributed by atoms with Gasteiger partial charge in [-0.05, 0) is 23.1 Å². The second kappa shape index (κ2) is 10.6. The summed E-state index contributed by atoms with van der Waals surface area (Å²) in [5, 5.41) is 31.8. The van der Waals surface area contributed by atoms with E-state index >= 15 is 0 Å². The lowest BCUT2D eigenvalue weighted by Crippen LogP contribution is -2.36. The summed E-state index contributed by atoms with van der Waals surface area (Å²) in [6, 6.07) is 25.4. The smallest absolute Gasteiger partial charge is 0.269 e. The highest BCUT2D eigenvalue weighted by molar-refractivity contribution is 5.33. The Labute approximate surface area is 176 Å². The van der Waals surface area contributed by atoms with Crippen LogP contribution < -0.4 is 0 Å². The standard InChI is InChI=1S/C24H26N2O4/c27-18-23(20-7-3-1-4-8-20)25(17-24(28)21-9-5-2-6-10-21)16-15-19-11-13-22(14-12-19)26(29)30/h1-14,23-24,27-28H,15-18H2/t23?,24-/m0/s1.